The molecule has 0 atom stereocenters. The van der Waals surface area contributed by atoms with Crippen LogP contribution in [0.4, 0.5) is 0 Å². The zero-order valence-corrected chi connectivity index (χ0v) is 12.8. The van der Waals surface area contributed by atoms with Crippen LogP contribution in [0, 0.1) is 0 Å². The highest BCUT2D eigenvalue weighted by molar-refractivity contribution is 6.34. The van der Waals surface area contributed by atoms with Crippen molar-refractivity contribution in [2.75, 3.05) is 7.11 Å². The number of methoxy groups -OCH3 is 1. The summed E-state index contributed by atoms with van der Waals surface area (Å²) in [6.45, 7) is 0. The lowest BCUT2D eigenvalue weighted by Crippen LogP contribution is -1.99. The van der Waals surface area contributed by atoms with Gasteiger partial charge in [-0.15, -0.1) is 0 Å². The minimum atomic E-state index is 0.433. The molecule has 0 amide bonds. The fraction of sp³-hybridized carbons (Fsp3) is 0.125. The molecule has 0 aliphatic carbocycles. The van der Waals surface area contributed by atoms with Gasteiger partial charge in [0.2, 0.25) is 0 Å². The van der Waals surface area contributed by atoms with Crippen LogP contribution in [0.25, 0.3) is 10.9 Å². The van der Waals surface area contributed by atoms with Crippen LogP contribution < -0.4 is 4.74 Å². The number of nitrogens with zero attached hydrogens (tertiary/aromatic N) is 2. The Morgan fingerprint density at radius 3 is 2.48 bits per heavy atom. The summed E-state index contributed by atoms with van der Waals surface area (Å²) >= 11 is 12.1. The first-order valence-electron chi connectivity index (χ1n) is 6.41. The van der Waals surface area contributed by atoms with E-state index in [2.05, 4.69) is 9.97 Å². The Kier molecular flexibility index (Phi) is 3.95. The van der Waals surface area contributed by atoms with E-state index in [4.69, 9.17) is 27.9 Å². The van der Waals surface area contributed by atoms with Gasteiger partial charge in [0.25, 0.3) is 0 Å². The Morgan fingerprint density at radius 2 is 1.76 bits per heavy atom. The van der Waals surface area contributed by atoms with Gasteiger partial charge < -0.3 is 4.74 Å². The molecule has 2 aromatic carbocycles. The second-order valence-corrected chi connectivity index (χ2v) is 5.38. The number of para-hydroxylation sites is 1. The van der Waals surface area contributed by atoms with Crippen molar-refractivity contribution in [3.05, 3.63) is 64.0 Å². The predicted molar refractivity (Wildman–Crippen MR) is 85.4 cm³/mol. The molecule has 21 heavy (non-hydrogen) atoms. The first-order valence-corrected chi connectivity index (χ1v) is 7.16. The van der Waals surface area contributed by atoms with Gasteiger partial charge in [-0.1, -0.05) is 41.4 Å². The van der Waals surface area contributed by atoms with Crippen molar-refractivity contribution < 1.29 is 4.74 Å². The third-order valence-electron chi connectivity index (χ3n) is 3.18. The fourth-order valence-corrected chi connectivity index (χ4v) is 2.54. The molecule has 0 saturated carbocycles. The Morgan fingerprint density at radius 1 is 1.00 bits per heavy atom. The van der Waals surface area contributed by atoms with Gasteiger partial charge >= 0.3 is 0 Å². The van der Waals surface area contributed by atoms with Gasteiger partial charge in [-0.05, 0) is 29.8 Å². The summed E-state index contributed by atoms with van der Waals surface area (Å²) in [7, 11) is 1.61. The molecular formula is C16H12Cl2N2O. The second-order valence-electron chi connectivity index (χ2n) is 4.59. The average molecular weight is 319 g/mol. The van der Waals surface area contributed by atoms with E-state index in [1.807, 2.05) is 42.5 Å². The van der Waals surface area contributed by atoms with Crippen molar-refractivity contribution in [2.24, 2.45) is 0 Å². The third kappa shape index (κ3) is 2.94. The lowest BCUT2D eigenvalue weighted by Gasteiger charge is -2.08. The van der Waals surface area contributed by atoms with E-state index in [-0.39, 0.29) is 0 Å². The minimum Gasteiger partial charge on any atom is -0.494 e. The summed E-state index contributed by atoms with van der Waals surface area (Å²) in [4.78, 5) is 8.93. The van der Waals surface area contributed by atoms with Gasteiger partial charge in [-0.25, -0.2) is 9.97 Å². The fourth-order valence-electron chi connectivity index (χ4n) is 2.16. The molecule has 3 nitrogen and oxygen atoms in total. The first kappa shape index (κ1) is 14.1. The van der Waals surface area contributed by atoms with Crippen LogP contribution in [-0.4, -0.2) is 17.1 Å². The molecular weight excluding hydrogens is 307 g/mol. The number of hydrogen-bond acceptors (Lipinski definition) is 3. The van der Waals surface area contributed by atoms with Crippen molar-refractivity contribution >= 4 is 34.1 Å². The maximum absolute atomic E-state index is 6.25. The van der Waals surface area contributed by atoms with E-state index in [1.54, 1.807) is 7.11 Å². The topological polar surface area (TPSA) is 35.0 Å². The van der Waals surface area contributed by atoms with Crippen molar-refractivity contribution in [2.45, 2.75) is 6.42 Å². The maximum Gasteiger partial charge on any atom is 0.145 e. The van der Waals surface area contributed by atoms with Gasteiger partial charge in [0.1, 0.15) is 22.2 Å². The third-order valence-corrected chi connectivity index (χ3v) is 3.72. The number of benzene rings is 2. The number of halogens is 2. The normalized spacial score (nSPS) is 10.8. The van der Waals surface area contributed by atoms with E-state index in [0.717, 1.165) is 16.5 Å². The van der Waals surface area contributed by atoms with Gasteiger partial charge in [-0.2, -0.15) is 0 Å². The molecule has 3 rings (SSSR count). The zero-order chi connectivity index (χ0) is 14.8. The summed E-state index contributed by atoms with van der Waals surface area (Å²) in [6.07, 6.45) is 0.588. The molecule has 0 fully saturated rings. The molecule has 0 aliphatic heterocycles. The molecule has 0 unspecified atom stereocenters. The lowest BCUT2D eigenvalue weighted by molar-refractivity contribution is 0.418. The molecule has 0 bridgehead atoms. The van der Waals surface area contributed by atoms with Gasteiger partial charge in [0.05, 0.1) is 7.11 Å². The summed E-state index contributed by atoms with van der Waals surface area (Å²) in [5, 5.41) is 1.93. The zero-order valence-electron chi connectivity index (χ0n) is 11.3. The number of aromatic nitrogens is 2. The second kappa shape index (κ2) is 5.88. The van der Waals surface area contributed by atoms with Gasteiger partial charge in [0, 0.05) is 16.8 Å². The largest absolute Gasteiger partial charge is 0.494 e. The van der Waals surface area contributed by atoms with Gasteiger partial charge in [0.15, 0.2) is 0 Å². The Labute approximate surface area is 132 Å². The SMILES string of the molecule is COc1cccc2c(Cl)nc(Cc3ccc(Cl)cc3)nc12. The smallest absolute Gasteiger partial charge is 0.145 e. The van der Waals surface area contributed by atoms with Crippen LogP contribution >= 0.6 is 23.2 Å². The maximum atomic E-state index is 6.25. The number of hydrogen-bond donors (Lipinski definition) is 0. The van der Waals surface area contributed by atoms with Crippen LogP contribution in [0.3, 0.4) is 0 Å². The average Bonchev–Trinajstić information content (AvgIpc) is 2.49. The monoisotopic (exact) mass is 318 g/mol. The highest BCUT2D eigenvalue weighted by Crippen LogP contribution is 2.28. The molecule has 1 heterocycles. The predicted octanol–water partition coefficient (Wildman–Crippen LogP) is 4.54. The Balaban J connectivity index is 2.05. The molecule has 0 radical (unpaired) electrons. The highest BCUT2D eigenvalue weighted by Gasteiger charge is 2.10. The molecule has 106 valence electrons. The van der Waals surface area contributed by atoms with Crippen molar-refractivity contribution in [1.29, 1.82) is 0 Å². The van der Waals surface area contributed by atoms with E-state index < -0.39 is 0 Å². The summed E-state index contributed by atoms with van der Waals surface area (Å²) in [6, 6.07) is 13.2. The number of rotatable bonds is 3. The molecule has 0 N–H and O–H groups in total. The molecule has 0 spiro atoms. The number of ether oxygens (including phenoxy) is 1. The summed E-state index contributed by atoms with van der Waals surface area (Å²) in [5.41, 5.74) is 1.80. The standard InChI is InChI=1S/C16H12Cl2N2O/c1-21-13-4-2-3-12-15(13)19-14(20-16(12)18)9-10-5-7-11(17)8-6-10/h2-8H,9H2,1H3. The number of fused-ring (bicyclic) bond motifs is 1. The van der Waals surface area contributed by atoms with E-state index in [0.29, 0.717) is 28.2 Å². The van der Waals surface area contributed by atoms with E-state index in [1.165, 1.54) is 0 Å². The molecule has 1 aromatic heterocycles. The van der Waals surface area contributed by atoms with E-state index in [9.17, 15) is 0 Å². The summed E-state index contributed by atoms with van der Waals surface area (Å²) in [5.74, 6) is 1.34. The first-order chi connectivity index (χ1) is 10.2. The van der Waals surface area contributed by atoms with Gasteiger partial charge in [-0.3, -0.25) is 0 Å². The minimum absolute atomic E-state index is 0.433. The molecule has 5 heteroatoms. The summed E-state index contributed by atoms with van der Waals surface area (Å²) < 4.78 is 5.34. The highest BCUT2D eigenvalue weighted by atomic mass is 35.5. The van der Waals surface area contributed by atoms with Crippen LogP contribution in [-0.2, 0) is 6.42 Å². The molecule has 3 aromatic rings. The lowest BCUT2D eigenvalue weighted by atomic mass is 10.1. The molecule has 0 saturated heterocycles. The Hall–Kier alpha value is -1.84. The van der Waals surface area contributed by atoms with E-state index >= 15 is 0 Å². The van der Waals surface area contributed by atoms with Crippen LogP contribution in [0.2, 0.25) is 10.2 Å². The quantitative estimate of drug-likeness (QED) is 0.665. The van der Waals surface area contributed by atoms with Crippen molar-refractivity contribution in [3.8, 4) is 5.75 Å². The Bertz CT molecular complexity index is 788. The molecule has 0 aliphatic rings. The van der Waals surface area contributed by atoms with Crippen LogP contribution in [0.1, 0.15) is 11.4 Å². The van der Waals surface area contributed by atoms with Crippen LogP contribution in [0.15, 0.2) is 42.5 Å². The van der Waals surface area contributed by atoms with Crippen molar-refractivity contribution in [1.82, 2.24) is 9.97 Å². The van der Waals surface area contributed by atoms with Crippen molar-refractivity contribution in [3.63, 3.8) is 0 Å². The van der Waals surface area contributed by atoms with Crippen LogP contribution in [0.5, 0.6) is 5.75 Å².